The minimum atomic E-state index is -0.888. The first-order chi connectivity index (χ1) is 15.2. The van der Waals surface area contributed by atoms with Crippen molar-refractivity contribution in [2.75, 3.05) is 0 Å². The molecule has 0 spiro atoms. The third kappa shape index (κ3) is 8.06. The molecule has 0 saturated carbocycles. The van der Waals surface area contributed by atoms with E-state index in [0.717, 1.165) is 22.3 Å². The molecule has 7 nitrogen and oxygen atoms in total. The molecule has 2 aromatic rings. The summed E-state index contributed by atoms with van der Waals surface area (Å²) in [6.07, 6.45) is -0.0318. The fourth-order valence-corrected chi connectivity index (χ4v) is 3.27. The average molecular weight is 440 g/mol. The number of carbonyl (C=O) groups excluding carboxylic acids is 3. The maximum atomic E-state index is 12.9. The van der Waals surface area contributed by atoms with E-state index in [9.17, 15) is 14.4 Å². The number of nitrogens with one attached hydrogen (secondary N) is 2. The summed E-state index contributed by atoms with van der Waals surface area (Å²) < 4.78 is 5.24. The molecule has 2 rings (SSSR count). The maximum Gasteiger partial charge on any atom is 0.408 e. The summed E-state index contributed by atoms with van der Waals surface area (Å²) in [6, 6.07) is 13.4. The second-order valence-electron chi connectivity index (χ2n) is 8.47. The first kappa shape index (κ1) is 24.9. The van der Waals surface area contributed by atoms with E-state index in [2.05, 4.69) is 10.6 Å². The van der Waals surface area contributed by atoms with Crippen molar-refractivity contribution in [3.05, 3.63) is 70.8 Å². The number of rotatable bonds is 10. The lowest BCUT2D eigenvalue weighted by Crippen LogP contribution is -2.54. The number of alkyl carbamates (subject to hydrolysis) is 1. The van der Waals surface area contributed by atoms with Gasteiger partial charge in [0, 0.05) is 6.42 Å². The molecule has 4 N–H and O–H groups in total. The topological polar surface area (TPSA) is 111 Å². The second kappa shape index (κ2) is 11.9. The van der Waals surface area contributed by atoms with Crippen LogP contribution < -0.4 is 16.4 Å². The molecule has 0 fully saturated rings. The molecule has 7 heteroatoms. The van der Waals surface area contributed by atoms with Crippen molar-refractivity contribution in [1.29, 1.82) is 0 Å². The van der Waals surface area contributed by atoms with Gasteiger partial charge in [-0.15, -0.1) is 0 Å². The first-order valence-corrected chi connectivity index (χ1v) is 10.8. The SMILES string of the molecule is Cc1ccc(C[C@@H](NC(=O)[C@H](CC(C)C)NC(=O)OCc2ccccc2)C(N)=O)cc1C. The van der Waals surface area contributed by atoms with Crippen LogP contribution >= 0.6 is 0 Å². The number of hydrogen-bond acceptors (Lipinski definition) is 4. The Morgan fingerprint density at radius 2 is 1.59 bits per heavy atom. The molecule has 0 unspecified atom stereocenters. The van der Waals surface area contributed by atoms with Gasteiger partial charge in [-0.05, 0) is 48.4 Å². The number of amides is 3. The van der Waals surface area contributed by atoms with Crippen LogP contribution in [0.5, 0.6) is 0 Å². The molecule has 32 heavy (non-hydrogen) atoms. The van der Waals surface area contributed by atoms with Gasteiger partial charge in [0.15, 0.2) is 0 Å². The molecule has 0 bridgehead atoms. The number of primary amides is 1. The molecule has 0 aliphatic carbocycles. The van der Waals surface area contributed by atoms with Crippen molar-refractivity contribution in [1.82, 2.24) is 10.6 Å². The Kier molecular flexibility index (Phi) is 9.25. The molecule has 0 aliphatic rings. The van der Waals surface area contributed by atoms with Crippen LogP contribution in [-0.4, -0.2) is 30.0 Å². The van der Waals surface area contributed by atoms with E-state index >= 15 is 0 Å². The van der Waals surface area contributed by atoms with Crippen molar-refractivity contribution >= 4 is 17.9 Å². The largest absolute Gasteiger partial charge is 0.445 e. The van der Waals surface area contributed by atoms with Crippen LogP contribution in [0.1, 0.15) is 42.5 Å². The predicted octanol–water partition coefficient (Wildman–Crippen LogP) is 3.16. The number of ether oxygens (including phenoxy) is 1. The molecular weight excluding hydrogens is 406 g/mol. The number of nitrogens with two attached hydrogens (primary N) is 1. The van der Waals surface area contributed by atoms with Crippen LogP contribution in [0.2, 0.25) is 0 Å². The monoisotopic (exact) mass is 439 g/mol. The smallest absolute Gasteiger partial charge is 0.408 e. The highest BCUT2D eigenvalue weighted by Crippen LogP contribution is 2.12. The first-order valence-electron chi connectivity index (χ1n) is 10.8. The molecule has 2 atom stereocenters. The van der Waals surface area contributed by atoms with E-state index in [-0.39, 0.29) is 18.9 Å². The van der Waals surface area contributed by atoms with Gasteiger partial charge in [-0.1, -0.05) is 62.4 Å². The van der Waals surface area contributed by atoms with Gasteiger partial charge >= 0.3 is 6.09 Å². The lowest BCUT2D eigenvalue weighted by molar-refractivity contribution is -0.128. The summed E-state index contributed by atoms with van der Waals surface area (Å²) in [6.45, 7) is 7.97. The number of benzene rings is 2. The van der Waals surface area contributed by atoms with Gasteiger partial charge in [-0.25, -0.2) is 4.79 Å². The lowest BCUT2D eigenvalue weighted by Gasteiger charge is -2.23. The summed E-state index contributed by atoms with van der Waals surface area (Å²) in [5, 5.41) is 5.32. The second-order valence-corrected chi connectivity index (χ2v) is 8.47. The predicted molar refractivity (Wildman–Crippen MR) is 124 cm³/mol. The third-order valence-corrected chi connectivity index (χ3v) is 5.20. The van der Waals surface area contributed by atoms with Crippen molar-refractivity contribution in [3.8, 4) is 0 Å². The van der Waals surface area contributed by atoms with E-state index < -0.39 is 30.0 Å². The van der Waals surface area contributed by atoms with Crippen LogP contribution in [0.25, 0.3) is 0 Å². The zero-order valence-electron chi connectivity index (χ0n) is 19.2. The van der Waals surface area contributed by atoms with Crippen molar-refractivity contribution in [2.24, 2.45) is 11.7 Å². The standard InChI is InChI=1S/C25H33N3O4/c1-16(2)12-22(28-25(31)32-15-19-8-6-5-7-9-19)24(30)27-21(23(26)29)14-20-11-10-17(3)18(4)13-20/h5-11,13,16,21-22H,12,14-15H2,1-4H3,(H2,26,29)(H,27,30)(H,28,31)/t21-,22+/m1/s1. The fraction of sp³-hybridized carbons (Fsp3) is 0.400. The van der Waals surface area contributed by atoms with E-state index in [1.807, 2.05) is 76.2 Å². The molecule has 3 amide bonds. The van der Waals surface area contributed by atoms with E-state index in [1.165, 1.54) is 0 Å². The molecular formula is C25H33N3O4. The molecule has 0 saturated heterocycles. The van der Waals surface area contributed by atoms with E-state index in [4.69, 9.17) is 10.5 Å². The summed E-state index contributed by atoms with van der Waals surface area (Å²) in [4.78, 5) is 37.2. The normalized spacial score (nSPS) is 12.7. The van der Waals surface area contributed by atoms with Crippen LogP contribution in [0.15, 0.2) is 48.5 Å². The molecule has 0 aromatic heterocycles. The fourth-order valence-electron chi connectivity index (χ4n) is 3.27. The van der Waals surface area contributed by atoms with Crippen LogP contribution in [0, 0.1) is 19.8 Å². The molecule has 2 aromatic carbocycles. The Labute approximate surface area is 189 Å². The van der Waals surface area contributed by atoms with Crippen LogP contribution in [-0.2, 0) is 27.4 Å². The Morgan fingerprint density at radius 3 is 2.19 bits per heavy atom. The number of carbonyl (C=O) groups is 3. The maximum absolute atomic E-state index is 12.9. The summed E-state index contributed by atoms with van der Waals surface area (Å²) in [5.41, 5.74) is 9.53. The third-order valence-electron chi connectivity index (χ3n) is 5.20. The van der Waals surface area contributed by atoms with Gasteiger partial charge in [0.05, 0.1) is 0 Å². The van der Waals surface area contributed by atoms with Gasteiger partial charge in [-0.2, -0.15) is 0 Å². The quantitative estimate of drug-likeness (QED) is 0.528. The molecule has 0 radical (unpaired) electrons. The van der Waals surface area contributed by atoms with Crippen LogP contribution in [0.4, 0.5) is 4.79 Å². The highest BCUT2D eigenvalue weighted by Gasteiger charge is 2.27. The average Bonchev–Trinajstić information content (AvgIpc) is 2.74. The Balaban J connectivity index is 2.02. The zero-order chi connectivity index (χ0) is 23.7. The highest BCUT2D eigenvalue weighted by atomic mass is 16.5. The molecule has 172 valence electrons. The molecule has 0 aliphatic heterocycles. The van der Waals surface area contributed by atoms with Gasteiger partial charge in [0.1, 0.15) is 18.7 Å². The van der Waals surface area contributed by atoms with Crippen LogP contribution in [0.3, 0.4) is 0 Å². The van der Waals surface area contributed by atoms with Gasteiger partial charge in [-0.3, -0.25) is 9.59 Å². The zero-order valence-corrected chi connectivity index (χ0v) is 19.2. The Bertz CT molecular complexity index is 928. The number of hydrogen-bond donors (Lipinski definition) is 3. The van der Waals surface area contributed by atoms with Gasteiger partial charge in [0.25, 0.3) is 0 Å². The van der Waals surface area contributed by atoms with E-state index in [1.54, 1.807) is 0 Å². The number of aryl methyl sites for hydroxylation is 2. The van der Waals surface area contributed by atoms with Gasteiger partial charge < -0.3 is 21.1 Å². The molecule has 0 heterocycles. The van der Waals surface area contributed by atoms with Crippen molar-refractivity contribution < 1.29 is 19.1 Å². The van der Waals surface area contributed by atoms with E-state index in [0.29, 0.717) is 6.42 Å². The minimum absolute atomic E-state index is 0.0966. The summed E-state index contributed by atoms with van der Waals surface area (Å²) in [5.74, 6) is -0.971. The van der Waals surface area contributed by atoms with Crippen molar-refractivity contribution in [2.45, 2.75) is 59.2 Å². The Morgan fingerprint density at radius 1 is 0.906 bits per heavy atom. The summed E-state index contributed by atoms with van der Waals surface area (Å²) >= 11 is 0. The summed E-state index contributed by atoms with van der Waals surface area (Å²) in [7, 11) is 0. The van der Waals surface area contributed by atoms with Gasteiger partial charge in [0.2, 0.25) is 11.8 Å². The highest BCUT2D eigenvalue weighted by molar-refractivity contribution is 5.90. The Hall–Kier alpha value is -3.35. The lowest BCUT2D eigenvalue weighted by atomic mass is 9.99. The van der Waals surface area contributed by atoms with Crippen molar-refractivity contribution in [3.63, 3.8) is 0 Å². The minimum Gasteiger partial charge on any atom is -0.445 e.